The average Bonchev–Trinajstić information content (AvgIpc) is 3.16. The van der Waals surface area contributed by atoms with Gasteiger partial charge in [-0.05, 0) is 62.4 Å². The molecule has 1 aromatic heterocycles. The van der Waals surface area contributed by atoms with Gasteiger partial charge in [-0.3, -0.25) is 9.59 Å². The van der Waals surface area contributed by atoms with Crippen LogP contribution in [0, 0.1) is 5.92 Å². The molecule has 2 heterocycles. The molecule has 0 spiro atoms. The maximum absolute atomic E-state index is 13.5. The Morgan fingerprint density at radius 1 is 0.889 bits per heavy atom. The Kier molecular flexibility index (Phi) is 8.18. The number of fused-ring (bicyclic) bond motifs is 1. The van der Waals surface area contributed by atoms with E-state index in [-0.39, 0.29) is 17.5 Å². The highest BCUT2D eigenvalue weighted by Gasteiger charge is 2.24. The number of hydrogen-bond acceptors (Lipinski definition) is 4. The average molecular weight is 506 g/mol. The summed E-state index contributed by atoms with van der Waals surface area (Å²) < 4.78 is 1.75. The molecule has 0 radical (unpaired) electrons. The molecular formula is C30H36ClN3O2. The predicted octanol–water partition coefficient (Wildman–Crippen LogP) is 6.21. The SMILES string of the molecule is O=C(CCN1CCCC(n2nc(Cc3ccc(Cl)cc3)c3ccccc3c2=O)CC1)C1CCCCC1. The van der Waals surface area contributed by atoms with Crippen LogP contribution in [0.15, 0.2) is 53.3 Å². The predicted molar refractivity (Wildman–Crippen MR) is 146 cm³/mol. The van der Waals surface area contributed by atoms with Crippen molar-refractivity contribution in [2.75, 3.05) is 19.6 Å². The molecule has 36 heavy (non-hydrogen) atoms. The zero-order valence-corrected chi connectivity index (χ0v) is 21.8. The molecule has 1 unspecified atom stereocenters. The second kappa shape index (κ2) is 11.7. The summed E-state index contributed by atoms with van der Waals surface area (Å²) in [5, 5.41) is 7.31. The molecule has 1 aliphatic carbocycles. The number of halogens is 1. The molecule has 2 aliphatic rings. The minimum absolute atomic E-state index is 0.00335. The topological polar surface area (TPSA) is 55.2 Å². The first-order valence-corrected chi connectivity index (χ1v) is 14.0. The molecule has 2 fully saturated rings. The summed E-state index contributed by atoms with van der Waals surface area (Å²) in [5.74, 6) is 0.743. The number of nitrogens with zero attached hydrogens (tertiary/aromatic N) is 3. The first-order chi connectivity index (χ1) is 17.6. The summed E-state index contributed by atoms with van der Waals surface area (Å²) >= 11 is 6.08. The standard InChI is InChI=1S/C30H36ClN3O2/c31-24-14-12-22(13-15-24)21-28-26-10-4-5-11-27(26)30(36)34(32-28)25-9-6-18-33(19-16-25)20-17-29(35)23-7-2-1-3-8-23/h4-5,10-15,23,25H,1-3,6-9,16-21H2. The Balaban J connectivity index is 1.31. The van der Waals surface area contributed by atoms with Gasteiger partial charge in [-0.15, -0.1) is 0 Å². The fourth-order valence-electron chi connectivity index (χ4n) is 5.95. The second-order valence-corrected chi connectivity index (χ2v) is 11.0. The number of benzene rings is 2. The second-order valence-electron chi connectivity index (χ2n) is 10.5. The Morgan fingerprint density at radius 2 is 1.64 bits per heavy atom. The van der Waals surface area contributed by atoms with Crippen LogP contribution in [0.25, 0.3) is 10.8 Å². The van der Waals surface area contributed by atoms with Crippen LogP contribution in [0.2, 0.25) is 5.02 Å². The molecule has 3 aromatic rings. The van der Waals surface area contributed by atoms with Gasteiger partial charge in [-0.25, -0.2) is 4.68 Å². The Morgan fingerprint density at radius 3 is 2.42 bits per heavy atom. The molecule has 1 atom stereocenters. The van der Waals surface area contributed by atoms with Crippen molar-refractivity contribution in [3.05, 3.63) is 75.2 Å². The minimum atomic E-state index is -0.00335. The van der Waals surface area contributed by atoms with Gasteiger partial charge < -0.3 is 4.90 Å². The van der Waals surface area contributed by atoms with Crippen molar-refractivity contribution in [1.29, 1.82) is 0 Å². The zero-order chi connectivity index (χ0) is 24.9. The minimum Gasteiger partial charge on any atom is -0.303 e. The third-order valence-corrected chi connectivity index (χ3v) is 8.31. The Labute approximate surface area is 218 Å². The number of ketones is 1. The van der Waals surface area contributed by atoms with Gasteiger partial charge in [-0.2, -0.15) is 5.10 Å². The van der Waals surface area contributed by atoms with Crippen LogP contribution in [0.3, 0.4) is 0 Å². The van der Waals surface area contributed by atoms with Gasteiger partial charge in [0.2, 0.25) is 0 Å². The van der Waals surface area contributed by atoms with Crippen LogP contribution in [0.1, 0.15) is 75.1 Å². The summed E-state index contributed by atoms with van der Waals surface area (Å²) in [6.07, 6.45) is 9.98. The van der Waals surface area contributed by atoms with Crippen molar-refractivity contribution in [3.8, 4) is 0 Å². The summed E-state index contributed by atoms with van der Waals surface area (Å²) in [7, 11) is 0. The van der Waals surface area contributed by atoms with Gasteiger partial charge in [0.15, 0.2) is 0 Å². The molecule has 0 amide bonds. The van der Waals surface area contributed by atoms with Crippen molar-refractivity contribution in [1.82, 2.24) is 14.7 Å². The van der Waals surface area contributed by atoms with E-state index in [1.54, 1.807) is 4.68 Å². The number of likely N-dealkylation sites (tertiary alicyclic amines) is 1. The number of hydrogen-bond donors (Lipinski definition) is 0. The number of carbonyl (C=O) groups is 1. The molecule has 1 saturated heterocycles. The fraction of sp³-hybridized carbons (Fsp3) is 0.500. The van der Waals surface area contributed by atoms with Gasteiger partial charge >= 0.3 is 0 Å². The Hall–Kier alpha value is -2.50. The highest BCUT2D eigenvalue weighted by molar-refractivity contribution is 6.30. The lowest BCUT2D eigenvalue weighted by molar-refractivity contribution is -0.124. The molecule has 5 nitrogen and oxygen atoms in total. The lowest BCUT2D eigenvalue weighted by Crippen LogP contribution is -2.31. The van der Waals surface area contributed by atoms with Crippen LogP contribution in [0.4, 0.5) is 0 Å². The number of aromatic nitrogens is 2. The molecule has 6 heteroatoms. The number of carbonyl (C=O) groups excluding carboxylic acids is 1. The monoisotopic (exact) mass is 505 g/mol. The number of Topliss-reactive ketones (excluding diaryl/α,β-unsaturated/α-hetero) is 1. The van der Waals surface area contributed by atoms with E-state index in [0.717, 1.165) is 73.8 Å². The number of rotatable bonds is 7. The van der Waals surface area contributed by atoms with E-state index in [4.69, 9.17) is 16.7 Å². The lowest BCUT2D eigenvalue weighted by atomic mass is 9.85. The van der Waals surface area contributed by atoms with E-state index in [1.807, 2.05) is 48.5 Å². The van der Waals surface area contributed by atoms with E-state index >= 15 is 0 Å². The summed E-state index contributed by atoms with van der Waals surface area (Å²) in [6, 6.07) is 15.7. The van der Waals surface area contributed by atoms with Gasteiger partial charge in [-0.1, -0.05) is 61.2 Å². The van der Waals surface area contributed by atoms with Crippen LogP contribution < -0.4 is 5.56 Å². The largest absolute Gasteiger partial charge is 0.303 e. The summed E-state index contributed by atoms with van der Waals surface area (Å²) in [6.45, 7) is 2.72. The van der Waals surface area contributed by atoms with Crippen LogP contribution in [0.5, 0.6) is 0 Å². The van der Waals surface area contributed by atoms with Crippen molar-refractivity contribution in [2.24, 2.45) is 5.92 Å². The van der Waals surface area contributed by atoms with E-state index in [2.05, 4.69) is 4.90 Å². The third-order valence-electron chi connectivity index (χ3n) is 8.06. The third kappa shape index (κ3) is 5.90. The van der Waals surface area contributed by atoms with Gasteiger partial charge in [0.1, 0.15) is 5.78 Å². The summed E-state index contributed by atoms with van der Waals surface area (Å²) in [4.78, 5) is 28.6. The fourth-order valence-corrected chi connectivity index (χ4v) is 6.08. The molecule has 5 rings (SSSR count). The molecule has 0 bridgehead atoms. The van der Waals surface area contributed by atoms with E-state index in [1.165, 1.54) is 19.3 Å². The van der Waals surface area contributed by atoms with Crippen LogP contribution in [-0.4, -0.2) is 40.1 Å². The molecule has 1 aliphatic heterocycles. The summed E-state index contributed by atoms with van der Waals surface area (Å²) in [5.41, 5.74) is 2.04. The smallest absolute Gasteiger partial charge is 0.274 e. The van der Waals surface area contributed by atoms with Gasteiger partial charge in [0.05, 0.1) is 17.1 Å². The normalized spacial score (nSPS) is 19.9. The first kappa shape index (κ1) is 25.2. The van der Waals surface area contributed by atoms with E-state index < -0.39 is 0 Å². The highest BCUT2D eigenvalue weighted by atomic mass is 35.5. The van der Waals surface area contributed by atoms with E-state index in [9.17, 15) is 9.59 Å². The van der Waals surface area contributed by atoms with E-state index in [0.29, 0.717) is 23.6 Å². The van der Waals surface area contributed by atoms with Gasteiger partial charge in [0.25, 0.3) is 5.56 Å². The van der Waals surface area contributed by atoms with Crippen LogP contribution >= 0.6 is 11.6 Å². The van der Waals surface area contributed by atoms with Gasteiger partial charge in [0, 0.05) is 42.3 Å². The quantitative estimate of drug-likeness (QED) is 0.383. The van der Waals surface area contributed by atoms with Crippen molar-refractivity contribution >= 4 is 28.2 Å². The first-order valence-electron chi connectivity index (χ1n) is 13.6. The van der Waals surface area contributed by atoms with Crippen molar-refractivity contribution < 1.29 is 4.79 Å². The Bertz CT molecular complexity index is 1250. The van der Waals surface area contributed by atoms with Crippen molar-refractivity contribution in [3.63, 3.8) is 0 Å². The highest BCUT2D eigenvalue weighted by Crippen LogP contribution is 2.27. The molecule has 2 aromatic carbocycles. The maximum atomic E-state index is 13.5. The molecule has 0 N–H and O–H groups in total. The molecule has 1 saturated carbocycles. The lowest BCUT2D eigenvalue weighted by Gasteiger charge is -2.23. The maximum Gasteiger partial charge on any atom is 0.274 e. The molecule has 190 valence electrons. The zero-order valence-electron chi connectivity index (χ0n) is 21.0. The van der Waals surface area contributed by atoms with Crippen molar-refractivity contribution in [2.45, 2.75) is 70.3 Å². The molecular weight excluding hydrogens is 470 g/mol. The van der Waals surface area contributed by atoms with Crippen LogP contribution in [-0.2, 0) is 11.2 Å².